The second-order valence-corrected chi connectivity index (χ2v) is 9.61. The minimum atomic E-state index is -0.240. The lowest BCUT2D eigenvalue weighted by molar-refractivity contribution is -0.161. The number of carbonyl (C=O) groups is 3. The van der Waals surface area contributed by atoms with Crippen LogP contribution in [0.25, 0.3) is 0 Å². The third-order valence-electron chi connectivity index (χ3n) is 8.22. The van der Waals surface area contributed by atoms with Gasteiger partial charge in [-0.05, 0) is 81.1 Å². The van der Waals surface area contributed by atoms with Crippen LogP contribution in [0.1, 0.15) is 65.2 Å². The molecular weight excluding hydrogens is 352 g/mol. The van der Waals surface area contributed by atoms with Gasteiger partial charge in [0.05, 0.1) is 0 Å². The fourth-order valence-electron chi connectivity index (χ4n) is 7.47. The topological polar surface area (TPSA) is 60.4 Å². The smallest absolute Gasteiger partial charge is 0.302 e. The summed E-state index contributed by atoms with van der Waals surface area (Å²) >= 11 is 0. The fourth-order valence-corrected chi connectivity index (χ4v) is 7.47. The summed E-state index contributed by atoms with van der Waals surface area (Å²) in [7, 11) is 0. The summed E-state index contributed by atoms with van der Waals surface area (Å²) in [5, 5.41) is 0. The molecule has 0 aromatic carbocycles. The Balaban J connectivity index is 1.71. The van der Waals surface area contributed by atoms with Gasteiger partial charge < -0.3 is 9.53 Å². The van der Waals surface area contributed by atoms with Crippen LogP contribution in [-0.4, -0.2) is 23.6 Å². The number of hydrogen-bond donors (Lipinski definition) is 0. The third kappa shape index (κ3) is 3.09. The summed E-state index contributed by atoms with van der Waals surface area (Å²) in [6, 6.07) is 0. The minimum Gasteiger partial charge on any atom is -0.462 e. The number of rotatable bonds is 4. The molecule has 3 saturated carbocycles. The number of ether oxygens (including phenoxy) is 1. The summed E-state index contributed by atoms with van der Waals surface area (Å²) in [6.07, 6.45) is 10.8. The predicted molar refractivity (Wildman–Crippen MR) is 106 cm³/mol. The Morgan fingerprint density at radius 3 is 2.71 bits per heavy atom. The van der Waals surface area contributed by atoms with Gasteiger partial charge in [0.25, 0.3) is 0 Å². The monoisotopic (exact) mass is 384 g/mol. The lowest BCUT2D eigenvalue weighted by Crippen LogP contribution is -2.52. The standard InChI is InChI=1S/C24H32O4/c1-4-16-11-17-12-18(27)5-6-19(17)20-9-10-24(13-14(2)25)21(23(16)20)7-8-22(24)28-15(3)26/h4,12,16,19-23H,1,5-11,13H2,2-3H3/t16?,19-,20+,21-,22-,23+,24+/m0/s1. The maximum Gasteiger partial charge on any atom is 0.302 e. The van der Waals surface area contributed by atoms with Gasteiger partial charge >= 0.3 is 5.97 Å². The largest absolute Gasteiger partial charge is 0.462 e. The molecule has 4 aliphatic carbocycles. The number of esters is 1. The lowest BCUT2D eigenvalue weighted by atomic mass is 9.48. The third-order valence-corrected chi connectivity index (χ3v) is 8.22. The van der Waals surface area contributed by atoms with Gasteiger partial charge in [0.2, 0.25) is 0 Å². The number of ketones is 2. The molecule has 1 unspecified atom stereocenters. The van der Waals surface area contributed by atoms with Gasteiger partial charge in [0, 0.05) is 25.2 Å². The van der Waals surface area contributed by atoms with Crippen molar-refractivity contribution in [3.63, 3.8) is 0 Å². The molecule has 0 amide bonds. The van der Waals surface area contributed by atoms with E-state index in [1.165, 1.54) is 12.5 Å². The Kier molecular flexibility index (Phi) is 5.09. The Labute approximate surface area is 167 Å². The zero-order chi connectivity index (χ0) is 20.1. The summed E-state index contributed by atoms with van der Waals surface area (Å²) in [5.74, 6) is 2.48. The molecule has 7 atom stereocenters. The van der Waals surface area contributed by atoms with Crippen LogP contribution in [0.5, 0.6) is 0 Å². The number of Topliss-reactive ketones (excluding diaryl/α,β-unsaturated/α-hetero) is 1. The highest BCUT2D eigenvalue weighted by Crippen LogP contribution is 2.65. The molecule has 4 heteroatoms. The van der Waals surface area contributed by atoms with Crippen molar-refractivity contribution in [3.8, 4) is 0 Å². The number of allylic oxidation sites excluding steroid dienone is 2. The Morgan fingerprint density at radius 1 is 1.25 bits per heavy atom. The maximum atomic E-state index is 12.2. The molecule has 152 valence electrons. The van der Waals surface area contributed by atoms with E-state index in [9.17, 15) is 14.4 Å². The van der Waals surface area contributed by atoms with E-state index in [2.05, 4.69) is 12.7 Å². The van der Waals surface area contributed by atoms with E-state index >= 15 is 0 Å². The van der Waals surface area contributed by atoms with Crippen molar-refractivity contribution in [2.45, 2.75) is 71.3 Å². The first kappa shape index (κ1) is 19.6. The van der Waals surface area contributed by atoms with Crippen LogP contribution in [0.3, 0.4) is 0 Å². The first-order valence-electron chi connectivity index (χ1n) is 10.9. The highest BCUT2D eigenvalue weighted by molar-refractivity contribution is 5.91. The molecule has 0 bridgehead atoms. The van der Waals surface area contributed by atoms with Crippen molar-refractivity contribution in [2.24, 2.45) is 35.0 Å². The summed E-state index contributed by atoms with van der Waals surface area (Å²) in [5.41, 5.74) is 1.11. The van der Waals surface area contributed by atoms with Crippen LogP contribution >= 0.6 is 0 Å². The van der Waals surface area contributed by atoms with Crippen molar-refractivity contribution in [2.75, 3.05) is 0 Å². The molecule has 3 fully saturated rings. The van der Waals surface area contributed by atoms with E-state index in [4.69, 9.17) is 4.74 Å². The van der Waals surface area contributed by atoms with Crippen molar-refractivity contribution in [1.29, 1.82) is 0 Å². The summed E-state index contributed by atoms with van der Waals surface area (Å²) in [6.45, 7) is 7.28. The fraction of sp³-hybridized carbons (Fsp3) is 0.708. The SMILES string of the molecule is C=CC1CC2=CC(=O)CC[C@@H]2[C@H]2CC[C@]3(CC(C)=O)[C@@H](OC(C)=O)CC[C@H]3[C@H]12. The Bertz CT molecular complexity index is 735. The van der Waals surface area contributed by atoms with E-state index in [0.29, 0.717) is 42.4 Å². The molecule has 0 aliphatic heterocycles. The Morgan fingerprint density at radius 2 is 2.04 bits per heavy atom. The molecule has 0 spiro atoms. The number of fused-ring (bicyclic) bond motifs is 5. The minimum absolute atomic E-state index is 0.143. The summed E-state index contributed by atoms with van der Waals surface area (Å²) in [4.78, 5) is 36.0. The molecule has 0 saturated heterocycles. The first-order chi connectivity index (χ1) is 13.4. The van der Waals surface area contributed by atoms with Crippen LogP contribution in [0, 0.1) is 35.0 Å². The number of hydrogen-bond acceptors (Lipinski definition) is 4. The second kappa shape index (κ2) is 7.27. The first-order valence-corrected chi connectivity index (χ1v) is 10.9. The van der Waals surface area contributed by atoms with Crippen molar-refractivity contribution in [3.05, 3.63) is 24.3 Å². The Hall–Kier alpha value is -1.71. The molecule has 0 N–H and O–H groups in total. The van der Waals surface area contributed by atoms with Crippen molar-refractivity contribution >= 4 is 17.5 Å². The summed E-state index contributed by atoms with van der Waals surface area (Å²) < 4.78 is 5.78. The lowest BCUT2D eigenvalue weighted by Gasteiger charge is -2.56. The van der Waals surface area contributed by atoms with Crippen LogP contribution < -0.4 is 0 Å². The maximum absolute atomic E-state index is 12.2. The molecule has 28 heavy (non-hydrogen) atoms. The van der Waals surface area contributed by atoms with E-state index in [1.807, 2.05) is 6.08 Å². The highest BCUT2D eigenvalue weighted by Gasteiger charge is 2.61. The van der Waals surface area contributed by atoms with Crippen molar-refractivity contribution in [1.82, 2.24) is 0 Å². The van der Waals surface area contributed by atoms with Gasteiger partial charge in [-0.1, -0.05) is 11.6 Å². The molecule has 4 rings (SSSR count). The van der Waals surface area contributed by atoms with Gasteiger partial charge in [-0.25, -0.2) is 0 Å². The van der Waals surface area contributed by atoms with E-state index in [0.717, 1.165) is 38.5 Å². The van der Waals surface area contributed by atoms with Gasteiger partial charge in [-0.2, -0.15) is 0 Å². The normalized spacial score (nSPS) is 41.9. The predicted octanol–water partition coefficient (Wildman–Crippen LogP) is 4.43. The molecule has 0 radical (unpaired) electrons. The molecule has 0 aromatic heterocycles. The van der Waals surface area contributed by atoms with Gasteiger partial charge in [0.15, 0.2) is 5.78 Å². The molecular formula is C24H32O4. The average Bonchev–Trinajstić information content (AvgIpc) is 2.97. The molecule has 4 nitrogen and oxygen atoms in total. The van der Waals surface area contributed by atoms with Gasteiger partial charge in [-0.15, -0.1) is 6.58 Å². The highest BCUT2D eigenvalue weighted by atomic mass is 16.5. The van der Waals surface area contributed by atoms with Gasteiger partial charge in [-0.3, -0.25) is 9.59 Å². The van der Waals surface area contributed by atoms with Crippen LogP contribution in [0.2, 0.25) is 0 Å². The van der Waals surface area contributed by atoms with E-state index < -0.39 is 0 Å². The van der Waals surface area contributed by atoms with Crippen LogP contribution in [0.4, 0.5) is 0 Å². The van der Waals surface area contributed by atoms with Crippen molar-refractivity contribution < 1.29 is 19.1 Å². The van der Waals surface area contributed by atoms with E-state index in [1.54, 1.807) is 6.92 Å². The van der Waals surface area contributed by atoms with Gasteiger partial charge in [0.1, 0.15) is 11.9 Å². The van der Waals surface area contributed by atoms with Crippen LogP contribution in [-0.2, 0) is 19.1 Å². The zero-order valence-electron chi connectivity index (χ0n) is 17.1. The second-order valence-electron chi connectivity index (χ2n) is 9.61. The average molecular weight is 385 g/mol. The zero-order valence-corrected chi connectivity index (χ0v) is 17.1. The van der Waals surface area contributed by atoms with E-state index in [-0.39, 0.29) is 29.1 Å². The quantitative estimate of drug-likeness (QED) is 0.531. The molecule has 0 aromatic rings. The molecule has 4 aliphatic rings. The van der Waals surface area contributed by atoms with Crippen LogP contribution in [0.15, 0.2) is 24.3 Å². The number of carbonyl (C=O) groups excluding carboxylic acids is 3. The molecule has 0 heterocycles.